The Balaban J connectivity index is 1.93. The van der Waals surface area contributed by atoms with Crippen molar-refractivity contribution >= 4 is 21.4 Å². The molecule has 17 heavy (non-hydrogen) atoms. The van der Waals surface area contributed by atoms with Crippen LogP contribution in [-0.4, -0.2) is 0 Å². The zero-order valence-electron chi connectivity index (χ0n) is 9.30. The van der Waals surface area contributed by atoms with E-state index in [4.69, 9.17) is 10.2 Å². The van der Waals surface area contributed by atoms with Gasteiger partial charge in [0.2, 0.25) is 0 Å². The van der Waals surface area contributed by atoms with Gasteiger partial charge in [-0.2, -0.15) is 0 Å². The molecule has 0 aliphatic heterocycles. The van der Waals surface area contributed by atoms with Crippen LogP contribution in [0.5, 0.6) is 0 Å². The first kappa shape index (κ1) is 10.6. The minimum atomic E-state index is -0.00250. The molecule has 0 bridgehead atoms. The average Bonchev–Trinajstić information content (AvgIpc) is 2.96. The summed E-state index contributed by atoms with van der Waals surface area (Å²) >= 11 is 1.74. The van der Waals surface area contributed by atoms with Crippen molar-refractivity contribution in [2.75, 3.05) is 0 Å². The topological polar surface area (TPSA) is 39.2 Å². The van der Waals surface area contributed by atoms with Crippen LogP contribution in [0.1, 0.15) is 17.4 Å². The van der Waals surface area contributed by atoms with Crippen molar-refractivity contribution in [3.05, 3.63) is 59.4 Å². The molecule has 1 atom stereocenters. The van der Waals surface area contributed by atoms with Crippen LogP contribution >= 0.6 is 11.3 Å². The van der Waals surface area contributed by atoms with Gasteiger partial charge in [-0.15, -0.1) is 11.3 Å². The quantitative estimate of drug-likeness (QED) is 0.761. The fourth-order valence-electron chi connectivity index (χ4n) is 2.04. The number of thiophene rings is 1. The van der Waals surface area contributed by atoms with E-state index in [1.165, 1.54) is 15.6 Å². The molecule has 2 heterocycles. The SMILES string of the molecule is NC(Cc1ccco1)c1csc2ccccc12. The zero-order chi connectivity index (χ0) is 11.7. The molecule has 2 aromatic heterocycles. The van der Waals surface area contributed by atoms with E-state index in [0.29, 0.717) is 0 Å². The predicted octanol–water partition coefficient (Wildman–Crippen LogP) is 3.74. The average molecular weight is 243 g/mol. The fourth-order valence-corrected chi connectivity index (χ4v) is 3.07. The summed E-state index contributed by atoms with van der Waals surface area (Å²) in [5.41, 5.74) is 7.45. The summed E-state index contributed by atoms with van der Waals surface area (Å²) in [6.45, 7) is 0. The Labute approximate surface area is 104 Å². The first-order chi connectivity index (χ1) is 8.34. The van der Waals surface area contributed by atoms with Crippen molar-refractivity contribution in [2.24, 2.45) is 5.73 Å². The minimum Gasteiger partial charge on any atom is -0.469 e. The second-order valence-corrected chi connectivity index (χ2v) is 4.99. The highest BCUT2D eigenvalue weighted by Gasteiger charge is 2.13. The van der Waals surface area contributed by atoms with Gasteiger partial charge in [-0.05, 0) is 34.5 Å². The van der Waals surface area contributed by atoms with Crippen molar-refractivity contribution in [2.45, 2.75) is 12.5 Å². The molecule has 0 spiro atoms. The van der Waals surface area contributed by atoms with Crippen LogP contribution in [0.25, 0.3) is 10.1 Å². The van der Waals surface area contributed by atoms with E-state index in [2.05, 4.69) is 29.6 Å². The number of rotatable bonds is 3. The molecule has 3 aromatic rings. The summed E-state index contributed by atoms with van der Waals surface area (Å²) in [6, 6.07) is 12.2. The van der Waals surface area contributed by atoms with Crippen LogP contribution < -0.4 is 5.73 Å². The summed E-state index contributed by atoms with van der Waals surface area (Å²) in [5, 5.41) is 3.41. The molecule has 1 aromatic carbocycles. The minimum absolute atomic E-state index is 0.00250. The van der Waals surface area contributed by atoms with Gasteiger partial charge < -0.3 is 10.2 Å². The molecule has 0 fully saturated rings. The molecule has 2 N–H and O–H groups in total. The van der Waals surface area contributed by atoms with Gasteiger partial charge in [0.05, 0.1) is 6.26 Å². The van der Waals surface area contributed by atoms with Gasteiger partial charge in [0, 0.05) is 17.2 Å². The molecular formula is C14H13NOS. The van der Waals surface area contributed by atoms with Gasteiger partial charge in [-0.25, -0.2) is 0 Å². The normalized spacial score (nSPS) is 13.0. The predicted molar refractivity (Wildman–Crippen MR) is 71.2 cm³/mol. The van der Waals surface area contributed by atoms with E-state index >= 15 is 0 Å². The van der Waals surface area contributed by atoms with Crippen molar-refractivity contribution in [3.63, 3.8) is 0 Å². The monoisotopic (exact) mass is 243 g/mol. The highest BCUT2D eigenvalue weighted by atomic mass is 32.1. The smallest absolute Gasteiger partial charge is 0.105 e. The van der Waals surface area contributed by atoms with Crippen LogP contribution in [0, 0.1) is 0 Å². The van der Waals surface area contributed by atoms with Gasteiger partial charge in [0.1, 0.15) is 5.76 Å². The Morgan fingerprint density at radius 1 is 1.18 bits per heavy atom. The summed E-state index contributed by atoms with van der Waals surface area (Å²) in [7, 11) is 0. The molecule has 0 radical (unpaired) electrons. The van der Waals surface area contributed by atoms with Crippen LogP contribution in [-0.2, 0) is 6.42 Å². The summed E-state index contributed by atoms with van der Waals surface area (Å²) in [4.78, 5) is 0. The zero-order valence-corrected chi connectivity index (χ0v) is 10.1. The molecule has 0 saturated carbocycles. The molecule has 3 rings (SSSR count). The maximum absolute atomic E-state index is 6.24. The van der Waals surface area contributed by atoms with Crippen LogP contribution in [0.4, 0.5) is 0 Å². The van der Waals surface area contributed by atoms with Crippen molar-refractivity contribution in [3.8, 4) is 0 Å². The van der Waals surface area contributed by atoms with Gasteiger partial charge in [-0.1, -0.05) is 18.2 Å². The van der Waals surface area contributed by atoms with E-state index in [-0.39, 0.29) is 6.04 Å². The first-order valence-corrected chi connectivity index (χ1v) is 6.46. The van der Waals surface area contributed by atoms with Crippen molar-refractivity contribution in [1.82, 2.24) is 0 Å². The third-order valence-corrected chi connectivity index (χ3v) is 3.89. The molecule has 3 heteroatoms. The number of hydrogen-bond donors (Lipinski definition) is 1. The van der Waals surface area contributed by atoms with E-state index in [9.17, 15) is 0 Å². The lowest BCUT2D eigenvalue weighted by Gasteiger charge is -2.08. The van der Waals surface area contributed by atoms with Gasteiger partial charge >= 0.3 is 0 Å². The van der Waals surface area contributed by atoms with Crippen molar-refractivity contribution < 1.29 is 4.42 Å². The Hall–Kier alpha value is -1.58. The Morgan fingerprint density at radius 3 is 2.88 bits per heavy atom. The largest absolute Gasteiger partial charge is 0.469 e. The van der Waals surface area contributed by atoms with E-state index in [1.807, 2.05) is 12.1 Å². The maximum atomic E-state index is 6.24. The van der Waals surface area contributed by atoms with E-state index < -0.39 is 0 Å². The second-order valence-electron chi connectivity index (χ2n) is 4.08. The van der Waals surface area contributed by atoms with Crippen LogP contribution in [0.3, 0.4) is 0 Å². The first-order valence-electron chi connectivity index (χ1n) is 5.58. The molecule has 0 amide bonds. The number of hydrogen-bond acceptors (Lipinski definition) is 3. The van der Waals surface area contributed by atoms with E-state index in [1.54, 1.807) is 17.6 Å². The summed E-state index contributed by atoms with van der Waals surface area (Å²) in [5.74, 6) is 0.938. The Bertz CT molecular complexity index is 612. The number of fused-ring (bicyclic) bond motifs is 1. The van der Waals surface area contributed by atoms with Gasteiger partial charge in [-0.3, -0.25) is 0 Å². The second kappa shape index (κ2) is 4.35. The van der Waals surface area contributed by atoms with Crippen molar-refractivity contribution in [1.29, 1.82) is 0 Å². The number of nitrogens with two attached hydrogens (primary N) is 1. The molecule has 2 nitrogen and oxygen atoms in total. The fraction of sp³-hybridized carbons (Fsp3) is 0.143. The number of furan rings is 1. The summed E-state index contributed by atoms with van der Waals surface area (Å²) in [6.07, 6.45) is 2.43. The summed E-state index contributed by atoms with van der Waals surface area (Å²) < 4.78 is 6.63. The molecular weight excluding hydrogens is 230 g/mol. The molecule has 0 saturated heterocycles. The molecule has 86 valence electrons. The maximum Gasteiger partial charge on any atom is 0.105 e. The highest BCUT2D eigenvalue weighted by Crippen LogP contribution is 2.30. The van der Waals surface area contributed by atoms with Gasteiger partial charge in [0.15, 0.2) is 0 Å². The Kier molecular flexibility index (Phi) is 2.71. The lowest BCUT2D eigenvalue weighted by molar-refractivity contribution is 0.489. The standard InChI is InChI=1S/C14H13NOS/c15-13(8-10-4-3-7-16-10)12-9-17-14-6-2-1-5-11(12)14/h1-7,9,13H,8,15H2. The number of benzene rings is 1. The highest BCUT2D eigenvalue weighted by molar-refractivity contribution is 7.17. The molecule has 1 unspecified atom stereocenters. The van der Waals surface area contributed by atoms with Crippen LogP contribution in [0.2, 0.25) is 0 Å². The molecule has 0 aliphatic carbocycles. The lowest BCUT2D eigenvalue weighted by Crippen LogP contribution is -2.12. The van der Waals surface area contributed by atoms with Gasteiger partial charge in [0.25, 0.3) is 0 Å². The molecule has 0 aliphatic rings. The third kappa shape index (κ3) is 1.99. The van der Waals surface area contributed by atoms with E-state index in [0.717, 1.165) is 12.2 Å². The van der Waals surface area contributed by atoms with Crippen LogP contribution in [0.15, 0.2) is 52.5 Å². The lowest BCUT2D eigenvalue weighted by atomic mass is 10.0. The Morgan fingerprint density at radius 2 is 2.06 bits per heavy atom. The third-order valence-electron chi connectivity index (χ3n) is 2.91.